The SMILES string of the molecule is NS(=O)(=O)CC(CCl)C(CCl)CS(N)(=O)=O. The number of sulfonamides is 2. The summed E-state index contributed by atoms with van der Waals surface area (Å²) >= 11 is 11.1. The van der Waals surface area contributed by atoms with Crippen LogP contribution in [-0.2, 0) is 20.0 Å². The summed E-state index contributed by atoms with van der Waals surface area (Å²) in [4.78, 5) is 0. The molecule has 0 amide bonds. The second kappa shape index (κ2) is 6.36. The Labute approximate surface area is 105 Å². The van der Waals surface area contributed by atoms with Crippen LogP contribution in [-0.4, -0.2) is 40.1 Å². The molecule has 0 saturated heterocycles. The van der Waals surface area contributed by atoms with Crippen LogP contribution in [0.4, 0.5) is 0 Å². The molecule has 0 fully saturated rings. The van der Waals surface area contributed by atoms with Crippen LogP contribution in [0.5, 0.6) is 0 Å². The molecule has 0 aromatic carbocycles. The molecule has 16 heavy (non-hydrogen) atoms. The number of hydrogen-bond donors (Lipinski definition) is 2. The van der Waals surface area contributed by atoms with Crippen LogP contribution in [0.25, 0.3) is 0 Å². The largest absolute Gasteiger partial charge is 0.229 e. The number of rotatable bonds is 7. The average molecular weight is 313 g/mol. The van der Waals surface area contributed by atoms with Crippen molar-refractivity contribution in [2.75, 3.05) is 23.3 Å². The molecule has 0 aliphatic rings. The zero-order valence-corrected chi connectivity index (χ0v) is 11.5. The van der Waals surface area contributed by atoms with Gasteiger partial charge in [0.15, 0.2) is 0 Å². The summed E-state index contributed by atoms with van der Waals surface area (Å²) in [5.41, 5.74) is 0. The molecule has 0 aromatic heterocycles. The molecule has 0 saturated carbocycles. The van der Waals surface area contributed by atoms with E-state index in [0.29, 0.717) is 0 Å². The maximum absolute atomic E-state index is 10.9. The molecule has 98 valence electrons. The van der Waals surface area contributed by atoms with E-state index in [1.165, 1.54) is 0 Å². The van der Waals surface area contributed by atoms with E-state index < -0.39 is 43.4 Å². The van der Waals surface area contributed by atoms with Crippen LogP contribution in [0.2, 0.25) is 0 Å². The van der Waals surface area contributed by atoms with Gasteiger partial charge >= 0.3 is 0 Å². The molecule has 0 spiro atoms. The van der Waals surface area contributed by atoms with E-state index in [1.54, 1.807) is 0 Å². The topological polar surface area (TPSA) is 120 Å². The van der Waals surface area contributed by atoms with Gasteiger partial charge in [-0.15, -0.1) is 23.2 Å². The summed E-state index contributed by atoms with van der Waals surface area (Å²) in [6.07, 6.45) is 0. The van der Waals surface area contributed by atoms with Crippen molar-refractivity contribution in [3.05, 3.63) is 0 Å². The van der Waals surface area contributed by atoms with Gasteiger partial charge in [0.2, 0.25) is 20.0 Å². The van der Waals surface area contributed by atoms with E-state index in [-0.39, 0.29) is 11.8 Å². The third-order valence-corrected chi connectivity index (χ3v) is 4.53. The average Bonchev–Trinajstić information content (AvgIpc) is 2.07. The molecule has 10 heteroatoms. The van der Waals surface area contributed by atoms with Crippen molar-refractivity contribution in [3.8, 4) is 0 Å². The standard InChI is InChI=1S/C6H14Cl2N2O4S2/c7-1-5(3-15(9,11)12)6(2-8)4-16(10,13)14/h5-6H,1-4H2,(H2,9,11,12)(H2,10,13,14). The van der Waals surface area contributed by atoms with Gasteiger partial charge in [0.05, 0.1) is 11.5 Å². The summed E-state index contributed by atoms with van der Waals surface area (Å²) in [7, 11) is -7.45. The van der Waals surface area contributed by atoms with E-state index in [1.807, 2.05) is 0 Å². The Hall–Kier alpha value is 0.400. The first-order valence-corrected chi connectivity index (χ1v) is 8.72. The van der Waals surface area contributed by atoms with Crippen molar-refractivity contribution in [1.82, 2.24) is 0 Å². The van der Waals surface area contributed by atoms with Crippen molar-refractivity contribution in [2.45, 2.75) is 0 Å². The van der Waals surface area contributed by atoms with Crippen LogP contribution in [0.15, 0.2) is 0 Å². The molecule has 0 radical (unpaired) electrons. The highest BCUT2D eigenvalue weighted by Crippen LogP contribution is 2.18. The Balaban J connectivity index is 4.77. The first kappa shape index (κ1) is 16.4. The summed E-state index contributed by atoms with van der Waals surface area (Å²) in [6.45, 7) is 0. The molecular weight excluding hydrogens is 299 g/mol. The Morgan fingerprint density at radius 3 is 1.19 bits per heavy atom. The Kier molecular flexibility index (Phi) is 6.52. The van der Waals surface area contributed by atoms with Crippen LogP contribution in [0.1, 0.15) is 0 Å². The quantitative estimate of drug-likeness (QED) is 0.602. The number of primary sulfonamides is 2. The lowest BCUT2D eigenvalue weighted by molar-refractivity contribution is 0.457. The van der Waals surface area contributed by atoms with Crippen LogP contribution in [0.3, 0.4) is 0 Å². The third-order valence-electron chi connectivity index (χ3n) is 1.96. The van der Waals surface area contributed by atoms with Gasteiger partial charge in [-0.2, -0.15) is 0 Å². The van der Waals surface area contributed by atoms with Crippen molar-refractivity contribution in [1.29, 1.82) is 0 Å². The lowest BCUT2D eigenvalue weighted by Gasteiger charge is -2.21. The van der Waals surface area contributed by atoms with Crippen molar-refractivity contribution in [3.63, 3.8) is 0 Å². The van der Waals surface area contributed by atoms with Gasteiger partial charge in [-0.1, -0.05) is 0 Å². The first-order valence-electron chi connectivity index (χ1n) is 4.22. The molecule has 0 rings (SSSR count). The van der Waals surface area contributed by atoms with Crippen molar-refractivity contribution < 1.29 is 16.8 Å². The minimum Gasteiger partial charge on any atom is -0.229 e. The van der Waals surface area contributed by atoms with Crippen LogP contribution < -0.4 is 10.3 Å². The van der Waals surface area contributed by atoms with E-state index in [4.69, 9.17) is 33.5 Å². The van der Waals surface area contributed by atoms with Gasteiger partial charge in [-0.3, -0.25) is 0 Å². The lowest BCUT2D eigenvalue weighted by Crippen LogP contribution is -2.35. The minimum atomic E-state index is -3.72. The van der Waals surface area contributed by atoms with E-state index in [2.05, 4.69) is 0 Å². The highest BCUT2D eigenvalue weighted by molar-refractivity contribution is 7.89. The summed E-state index contributed by atoms with van der Waals surface area (Å²) < 4.78 is 43.5. The zero-order valence-electron chi connectivity index (χ0n) is 8.34. The summed E-state index contributed by atoms with van der Waals surface area (Å²) in [6, 6.07) is 0. The number of nitrogens with two attached hydrogens (primary N) is 2. The Bertz CT molecular complexity index is 368. The zero-order chi connectivity index (χ0) is 13.0. The smallest absolute Gasteiger partial charge is 0.209 e. The molecule has 0 aromatic rings. The molecule has 4 N–H and O–H groups in total. The van der Waals surface area contributed by atoms with Crippen molar-refractivity contribution in [2.24, 2.45) is 22.1 Å². The van der Waals surface area contributed by atoms with Gasteiger partial charge < -0.3 is 0 Å². The predicted octanol–water partition coefficient (Wildman–Crippen LogP) is -0.727. The Morgan fingerprint density at radius 2 is 1.06 bits per heavy atom. The maximum Gasteiger partial charge on any atom is 0.209 e. The van der Waals surface area contributed by atoms with Gasteiger partial charge in [0, 0.05) is 11.8 Å². The van der Waals surface area contributed by atoms with Crippen LogP contribution in [0, 0.1) is 11.8 Å². The monoisotopic (exact) mass is 312 g/mol. The number of alkyl halides is 2. The molecule has 0 bridgehead atoms. The van der Waals surface area contributed by atoms with Gasteiger partial charge in [0.25, 0.3) is 0 Å². The van der Waals surface area contributed by atoms with Crippen molar-refractivity contribution >= 4 is 43.2 Å². The predicted molar refractivity (Wildman–Crippen MR) is 64.4 cm³/mol. The van der Waals surface area contributed by atoms with Crippen LogP contribution >= 0.6 is 23.2 Å². The highest BCUT2D eigenvalue weighted by Gasteiger charge is 2.27. The molecular formula is C6H14Cl2N2O4S2. The Morgan fingerprint density at radius 1 is 0.812 bits per heavy atom. The normalized spacial score (nSPS) is 17.0. The van der Waals surface area contributed by atoms with Gasteiger partial charge in [-0.25, -0.2) is 27.1 Å². The molecule has 2 atom stereocenters. The first-order chi connectivity index (χ1) is 7.09. The van der Waals surface area contributed by atoms with E-state index in [9.17, 15) is 16.8 Å². The molecule has 2 unspecified atom stereocenters. The van der Waals surface area contributed by atoms with E-state index in [0.717, 1.165) is 0 Å². The summed E-state index contributed by atoms with van der Waals surface area (Å²) in [5.74, 6) is -2.19. The van der Waals surface area contributed by atoms with E-state index >= 15 is 0 Å². The maximum atomic E-state index is 10.9. The van der Waals surface area contributed by atoms with Gasteiger partial charge in [-0.05, 0) is 11.8 Å². The summed E-state index contributed by atoms with van der Waals surface area (Å²) in [5, 5.41) is 9.72. The highest BCUT2D eigenvalue weighted by atomic mass is 35.5. The number of halogens is 2. The van der Waals surface area contributed by atoms with Gasteiger partial charge in [0.1, 0.15) is 0 Å². The fourth-order valence-corrected chi connectivity index (χ4v) is 4.16. The fraction of sp³-hybridized carbons (Fsp3) is 1.00. The minimum absolute atomic E-state index is 0.0522. The number of hydrogen-bond acceptors (Lipinski definition) is 4. The molecule has 0 aliphatic carbocycles. The molecule has 0 aliphatic heterocycles. The molecule has 0 heterocycles. The third kappa shape index (κ3) is 7.64. The lowest BCUT2D eigenvalue weighted by atomic mass is 10.00. The fourth-order valence-electron chi connectivity index (χ4n) is 1.21. The second-order valence-corrected chi connectivity index (χ2v) is 7.42. The second-order valence-electron chi connectivity index (χ2n) is 3.49. The molecule has 6 nitrogen and oxygen atoms in total.